The maximum atomic E-state index is 14.5. The van der Waals surface area contributed by atoms with Crippen LogP contribution in [-0.4, -0.2) is 60.5 Å². The number of halogens is 1. The van der Waals surface area contributed by atoms with E-state index >= 15 is 0 Å². The number of carbonyl (C=O) groups is 2. The van der Waals surface area contributed by atoms with E-state index in [9.17, 15) is 14.0 Å². The van der Waals surface area contributed by atoms with E-state index in [2.05, 4.69) is 22.4 Å². The number of ether oxygens (including phenoxy) is 1. The monoisotopic (exact) mass is 569 g/mol. The highest BCUT2D eigenvalue weighted by Crippen LogP contribution is 2.44. The molecule has 1 spiro atoms. The van der Waals surface area contributed by atoms with E-state index < -0.39 is 0 Å². The first-order chi connectivity index (χ1) is 20.4. The van der Waals surface area contributed by atoms with Gasteiger partial charge in [0, 0.05) is 55.1 Å². The SMILES string of the molecule is CNc1cc(C(=O)N2CC3(COC3)C2)nc(C2CC2)c1CN(C=O)c1cc2c(cc1C)CCC(c1ncccc1F)C2. The van der Waals surface area contributed by atoms with Gasteiger partial charge in [0.05, 0.1) is 36.6 Å². The molecule has 4 heterocycles. The van der Waals surface area contributed by atoms with Crippen LogP contribution in [0.3, 0.4) is 0 Å². The van der Waals surface area contributed by atoms with Crippen LogP contribution >= 0.6 is 0 Å². The van der Waals surface area contributed by atoms with E-state index in [1.54, 1.807) is 17.2 Å². The van der Waals surface area contributed by atoms with Gasteiger partial charge in [0.25, 0.3) is 5.91 Å². The van der Waals surface area contributed by atoms with Gasteiger partial charge >= 0.3 is 0 Å². The van der Waals surface area contributed by atoms with E-state index in [1.165, 1.54) is 11.6 Å². The van der Waals surface area contributed by atoms with Crippen molar-refractivity contribution in [2.45, 2.75) is 57.4 Å². The van der Waals surface area contributed by atoms with Crippen molar-refractivity contribution in [3.63, 3.8) is 0 Å². The number of fused-ring (bicyclic) bond motifs is 1. The molecule has 1 N–H and O–H groups in total. The lowest BCUT2D eigenvalue weighted by Crippen LogP contribution is -2.67. The number of nitrogens with one attached hydrogen (secondary N) is 1. The summed E-state index contributed by atoms with van der Waals surface area (Å²) >= 11 is 0. The second kappa shape index (κ2) is 10.5. The first-order valence-electron chi connectivity index (χ1n) is 14.9. The molecule has 0 bridgehead atoms. The number of nitrogens with zero attached hydrogens (tertiary/aromatic N) is 4. The third kappa shape index (κ3) is 4.73. The molecule has 218 valence electrons. The Labute approximate surface area is 245 Å². The number of aromatic nitrogens is 2. The quantitative estimate of drug-likeness (QED) is 0.394. The largest absolute Gasteiger partial charge is 0.388 e. The highest BCUT2D eigenvalue weighted by Gasteiger charge is 2.51. The number of amides is 2. The lowest BCUT2D eigenvalue weighted by atomic mass is 9.78. The standard InChI is InChI=1S/C33H36FN5O3/c1-20-10-22-7-8-23(31-26(34)4-3-9-36-31)11-24(22)12-29(20)38(19-40)14-25-27(35-2)13-28(37-30(25)21-5-6-21)32(41)39-15-33(16-39)17-42-18-33/h3-4,9-10,12-13,19,21,23H,5-8,11,14-18H2,1-2H3,(H,35,37). The number of likely N-dealkylation sites (tertiary alicyclic amines) is 1. The zero-order valence-corrected chi connectivity index (χ0v) is 24.2. The smallest absolute Gasteiger partial charge is 0.272 e. The van der Waals surface area contributed by atoms with Crippen LogP contribution in [0.5, 0.6) is 0 Å². The Morgan fingerprint density at radius 1 is 1.17 bits per heavy atom. The highest BCUT2D eigenvalue weighted by atomic mass is 19.1. The van der Waals surface area contributed by atoms with Crippen LogP contribution in [0.25, 0.3) is 0 Å². The number of pyridine rings is 2. The summed E-state index contributed by atoms with van der Waals surface area (Å²) in [6, 6.07) is 9.19. The van der Waals surface area contributed by atoms with Crippen molar-refractivity contribution in [1.29, 1.82) is 0 Å². The van der Waals surface area contributed by atoms with Crippen molar-refractivity contribution < 1.29 is 18.7 Å². The Morgan fingerprint density at radius 3 is 2.64 bits per heavy atom. The molecule has 3 aromatic rings. The van der Waals surface area contributed by atoms with Crippen LogP contribution in [0.15, 0.2) is 36.5 Å². The molecular weight excluding hydrogens is 533 g/mol. The minimum Gasteiger partial charge on any atom is -0.388 e. The van der Waals surface area contributed by atoms with Gasteiger partial charge in [0.1, 0.15) is 11.5 Å². The Kier molecular flexibility index (Phi) is 6.72. The third-order valence-corrected chi connectivity index (χ3v) is 9.45. The minimum atomic E-state index is -0.264. The molecule has 1 saturated carbocycles. The normalized spacial score (nSPS) is 20.4. The molecule has 2 amide bonds. The van der Waals surface area contributed by atoms with E-state index in [4.69, 9.17) is 9.72 Å². The minimum absolute atomic E-state index is 0.00341. The van der Waals surface area contributed by atoms with E-state index in [-0.39, 0.29) is 29.0 Å². The van der Waals surface area contributed by atoms with Gasteiger partial charge in [-0.1, -0.05) is 6.07 Å². The molecule has 0 radical (unpaired) electrons. The summed E-state index contributed by atoms with van der Waals surface area (Å²) in [5, 5.41) is 3.29. The fourth-order valence-corrected chi connectivity index (χ4v) is 6.94. The maximum Gasteiger partial charge on any atom is 0.272 e. The Bertz CT molecular complexity index is 1560. The maximum absolute atomic E-state index is 14.5. The molecule has 4 aliphatic rings. The van der Waals surface area contributed by atoms with Crippen LogP contribution in [-0.2, 0) is 28.9 Å². The van der Waals surface area contributed by atoms with E-state index in [0.29, 0.717) is 37.4 Å². The Balaban J connectivity index is 1.17. The van der Waals surface area contributed by atoms with E-state index in [0.717, 1.165) is 79.1 Å². The van der Waals surface area contributed by atoms with Crippen LogP contribution in [0.2, 0.25) is 0 Å². The Morgan fingerprint density at radius 2 is 1.98 bits per heavy atom. The van der Waals surface area contributed by atoms with E-state index in [1.807, 2.05) is 24.9 Å². The molecule has 1 atom stereocenters. The second-order valence-electron chi connectivity index (χ2n) is 12.5. The van der Waals surface area contributed by atoms with Gasteiger partial charge in [-0.2, -0.15) is 0 Å². The molecule has 42 heavy (non-hydrogen) atoms. The van der Waals surface area contributed by atoms with Gasteiger partial charge in [-0.05, 0) is 80.0 Å². The number of hydrogen-bond acceptors (Lipinski definition) is 6. The van der Waals surface area contributed by atoms with Crippen LogP contribution < -0.4 is 10.2 Å². The predicted molar refractivity (Wildman–Crippen MR) is 157 cm³/mol. The summed E-state index contributed by atoms with van der Waals surface area (Å²) < 4.78 is 19.9. The van der Waals surface area contributed by atoms with Crippen molar-refractivity contribution in [2.24, 2.45) is 5.41 Å². The lowest BCUT2D eigenvalue weighted by Gasteiger charge is -2.54. The molecule has 1 aromatic carbocycles. The molecule has 1 unspecified atom stereocenters. The average molecular weight is 570 g/mol. The molecule has 8 nitrogen and oxygen atoms in total. The fraction of sp³-hybridized carbons (Fsp3) is 0.455. The van der Waals surface area contributed by atoms with Crippen LogP contribution in [0.1, 0.15) is 75.2 Å². The fourth-order valence-electron chi connectivity index (χ4n) is 6.94. The summed E-state index contributed by atoms with van der Waals surface area (Å²) in [5.74, 6) is -0.0206. The molecule has 2 aliphatic carbocycles. The number of hydrogen-bond donors (Lipinski definition) is 1. The molecular formula is C33H36FN5O3. The lowest BCUT2D eigenvalue weighted by molar-refractivity contribution is -0.176. The third-order valence-electron chi connectivity index (χ3n) is 9.45. The van der Waals surface area contributed by atoms with Gasteiger partial charge < -0.3 is 19.9 Å². The average Bonchev–Trinajstić information content (AvgIpc) is 3.79. The first-order valence-corrected chi connectivity index (χ1v) is 14.9. The van der Waals surface area contributed by atoms with Gasteiger partial charge in [0.2, 0.25) is 6.41 Å². The molecule has 7 rings (SSSR count). The molecule has 3 fully saturated rings. The number of rotatable bonds is 8. The van der Waals surface area contributed by atoms with Crippen LogP contribution in [0, 0.1) is 18.2 Å². The highest BCUT2D eigenvalue weighted by molar-refractivity contribution is 5.94. The Hall–Kier alpha value is -3.85. The predicted octanol–water partition coefficient (Wildman–Crippen LogP) is 4.75. The zero-order chi connectivity index (χ0) is 29.0. The molecule has 2 aromatic heterocycles. The van der Waals surface area contributed by atoms with Gasteiger partial charge in [-0.15, -0.1) is 0 Å². The van der Waals surface area contributed by atoms with Crippen molar-refractivity contribution in [3.05, 3.63) is 81.7 Å². The van der Waals surface area contributed by atoms with Crippen molar-refractivity contribution >= 4 is 23.7 Å². The number of carbonyl (C=O) groups excluding carboxylic acids is 2. The summed E-state index contributed by atoms with van der Waals surface area (Å²) in [5.41, 5.74) is 8.02. The number of benzene rings is 1. The molecule has 2 saturated heterocycles. The summed E-state index contributed by atoms with van der Waals surface area (Å²) in [6.07, 6.45) is 6.94. The molecule has 2 aliphatic heterocycles. The first kappa shape index (κ1) is 27.0. The summed E-state index contributed by atoms with van der Waals surface area (Å²) in [6.45, 7) is 5.26. The second-order valence-corrected chi connectivity index (χ2v) is 12.5. The van der Waals surface area contributed by atoms with Crippen molar-refractivity contribution in [2.75, 3.05) is 43.6 Å². The zero-order valence-electron chi connectivity index (χ0n) is 24.2. The van der Waals surface area contributed by atoms with Gasteiger partial charge in [0.15, 0.2) is 0 Å². The van der Waals surface area contributed by atoms with Crippen molar-refractivity contribution in [3.8, 4) is 0 Å². The number of anilines is 2. The summed E-state index contributed by atoms with van der Waals surface area (Å²) in [7, 11) is 1.85. The van der Waals surface area contributed by atoms with Crippen molar-refractivity contribution in [1.82, 2.24) is 14.9 Å². The van der Waals surface area contributed by atoms with Gasteiger partial charge in [-0.25, -0.2) is 9.37 Å². The van der Waals surface area contributed by atoms with Crippen LogP contribution in [0.4, 0.5) is 15.8 Å². The topological polar surface area (TPSA) is 87.7 Å². The molecule has 9 heteroatoms. The summed E-state index contributed by atoms with van der Waals surface area (Å²) in [4.78, 5) is 38.8. The van der Waals surface area contributed by atoms with Gasteiger partial charge in [-0.3, -0.25) is 14.6 Å². The number of aryl methyl sites for hydroxylation is 2.